The zero-order chi connectivity index (χ0) is 15.5. The summed E-state index contributed by atoms with van der Waals surface area (Å²) < 4.78 is 9.33. The summed E-state index contributed by atoms with van der Waals surface area (Å²) in [7, 11) is 1.83. The normalized spacial score (nSPS) is 12.2. The van der Waals surface area contributed by atoms with Gasteiger partial charge in [-0.25, -0.2) is 0 Å². The number of imidazole rings is 1. The molecule has 1 N–H and O–H groups in total. The van der Waals surface area contributed by atoms with Gasteiger partial charge in [0.2, 0.25) is 5.62 Å². The first kappa shape index (κ1) is 11.9. The summed E-state index contributed by atoms with van der Waals surface area (Å²) in [5, 5.41) is 0. The first-order valence-electron chi connectivity index (χ1n) is 7.10. The van der Waals surface area contributed by atoms with Crippen molar-refractivity contribution in [1.29, 1.82) is 0 Å². The van der Waals surface area contributed by atoms with Crippen LogP contribution >= 0.6 is 0 Å². The van der Waals surface area contributed by atoms with Gasteiger partial charge >= 0.3 is 0 Å². The maximum Gasteiger partial charge on any atom is 0.280 e. The van der Waals surface area contributed by atoms with Crippen molar-refractivity contribution >= 4 is 5.91 Å². The van der Waals surface area contributed by atoms with E-state index in [1.807, 2.05) is 43.6 Å². The molecule has 0 fully saturated rings. The van der Waals surface area contributed by atoms with E-state index < -0.39 is 0 Å². The molecule has 104 valence electrons. The second kappa shape index (κ2) is 5.63. The van der Waals surface area contributed by atoms with E-state index in [4.69, 9.17) is 1.37 Å². The predicted octanol–water partition coefficient (Wildman–Crippen LogP) is 2.76. The molecule has 0 aliphatic carbocycles. The van der Waals surface area contributed by atoms with Crippen molar-refractivity contribution in [2.45, 2.75) is 0 Å². The maximum absolute atomic E-state index is 12.2. The van der Waals surface area contributed by atoms with Crippen molar-refractivity contribution in [3.8, 4) is 11.3 Å². The van der Waals surface area contributed by atoms with Gasteiger partial charge < -0.3 is 9.55 Å². The molecule has 0 atom stereocenters. The zero-order valence-corrected chi connectivity index (χ0v) is 11.6. The molecule has 0 aliphatic rings. The molecule has 3 rings (SSSR count). The van der Waals surface area contributed by atoms with Gasteiger partial charge in [0.25, 0.3) is 5.91 Å². The molecule has 4 nitrogen and oxygen atoms in total. The molecule has 21 heavy (non-hydrogen) atoms. The molecule has 3 aromatic rings. The van der Waals surface area contributed by atoms with Gasteiger partial charge in [0.05, 0.1) is 7.06 Å². The third-order valence-corrected chi connectivity index (χ3v) is 3.15. The van der Waals surface area contributed by atoms with Crippen LogP contribution in [0.3, 0.4) is 0 Å². The topological polar surface area (TPSA) is 50.1 Å². The van der Waals surface area contributed by atoms with E-state index in [1.165, 1.54) is 6.07 Å². The third kappa shape index (κ3) is 2.84. The maximum atomic E-state index is 12.2. The number of nitrogens with one attached hydrogen (secondary N) is 1. The van der Waals surface area contributed by atoms with Crippen LogP contribution in [0.2, 0.25) is 0 Å². The van der Waals surface area contributed by atoms with Crippen molar-refractivity contribution in [2.75, 3.05) is 0 Å². The molecular formula is C17H15N3O. The molecule has 0 unspecified atom stereocenters. The van der Waals surface area contributed by atoms with Crippen LogP contribution in [0.5, 0.6) is 0 Å². The van der Waals surface area contributed by atoms with E-state index in [0.717, 1.165) is 11.3 Å². The molecule has 0 radical (unpaired) electrons. The lowest BCUT2D eigenvalue weighted by molar-refractivity contribution is 0.0996. The number of rotatable bonds is 2. The lowest BCUT2D eigenvalue weighted by Gasteiger charge is -1.94. The van der Waals surface area contributed by atoms with Crippen molar-refractivity contribution in [2.24, 2.45) is 12.0 Å². The number of nitrogens with zero attached hydrogens (tertiary/aromatic N) is 2. The van der Waals surface area contributed by atoms with Crippen LogP contribution in [-0.2, 0) is 7.05 Å². The van der Waals surface area contributed by atoms with Gasteiger partial charge in [-0.3, -0.25) is 4.79 Å². The number of aromatic nitrogens is 2. The minimum Gasteiger partial charge on any atom is -0.324 e. The fourth-order valence-corrected chi connectivity index (χ4v) is 2.05. The summed E-state index contributed by atoms with van der Waals surface area (Å²) in [5.74, 6) is -0.369. The molecule has 1 heterocycles. The number of aromatic amines is 1. The zero-order valence-electron chi connectivity index (χ0n) is 12.6. The highest BCUT2D eigenvalue weighted by atomic mass is 16.1. The van der Waals surface area contributed by atoms with E-state index in [9.17, 15) is 4.79 Å². The van der Waals surface area contributed by atoms with Crippen molar-refractivity contribution in [3.05, 3.63) is 78.0 Å². The number of H-pyrrole nitrogens is 1. The SMILES string of the molecule is [2H]c1cccc(C(=O)N=c2[nH]c(-c3ccccc3)cn2C)c1. The first-order valence-corrected chi connectivity index (χ1v) is 6.60. The number of hydrogen-bond acceptors (Lipinski definition) is 1. The summed E-state index contributed by atoms with van der Waals surface area (Å²) in [6.07, 6.45) is 1.89. The summed E-state index contributed by atoms with van der Waals surface area (Å²) in [4.78, 5) is 19.4. The number of aryl methyl sites for hydroxylation is 1. The Morgan fingerprint density at radius 3 is 2.67 bits per heavy atom. The lowest BCUT2D eigenvalue weighted by Crippen LogP contribution is -2.17. The van der Waals surface area contributed by atoms with Crippen LogP contribution in [-0.4, -0.2) is 15.5 Å². The van der Waals surface area contributed by atoms with E-state index in [0.29, 0.717) is 17.2 Å². The Kier molecular flexibility index (Phi) is 3.19. The molecule has 1 aromatic heterocycles. The highest BCUT2D eigenvalue weighted by Crippen LogP contribution is 2.13. The summed E-state index contributed by atoms with van der Waals surface area (Å²) >= 11 is 0. The van der Waals surface area contributed by atoms with Gasteiger partial charge in [0.1, 0.15) is 0 Å². The standard InChI is InChI=1S/C17H15N3O/c1-20-12-15(13-8-4-2-5-9-13)18-17(20)19-16(21)14-10-6-3-7-11-14/h2-12H,1H3,(H,18,19,21)/i6D. The van der Waals surface area contributed by atoms with E-state index in [1.54, 1.807) is 22.8 Å². The molecule has 0 spiro atoms. The van der Waals surface area contributed by atoms with Crippen LogP contribution < -0.4 is 5.62 Å². The Morgan fingerprint density at radius 2 is 1.90 bits per heavy atom. The summed E-state index contributed by atoms with van der Waals surface area (Å²) in [6, 6.07) is 16.6. The average molecular weight is 278 g/mol. The Hall–Kier alpha value is -2.88. The molecule has 0 saturated heterocycles. The molecule has 0 saturated carbocycles. The smallest absolute Gasteiger partial charge is 0.280 e. The summed E-state index contributed by atoms with van der Waals surface area (Å²) in [6.45, 7) is 0. The largest absolute Gasteiger partial charge is 0.324 e. The number of hydrogen-bond donors (Lipinski definition) is 1. The van der Waals surface area contributed by atoms with Gasteiger partial charge in [0, 0.05) is 18.8 Å². The highest BCUT2D eigenvalue weighted by molar-refractivity contribution is 5.94. The quantitative estimate of drug-likeness (QED) is 0.770. The molecule has 1 amide bonds. The fourth-order valence-electron chi connectivity index (χ4n) is 2.05. The van der Waals surface area contributed by atoms with Gasteiger partial charge in [-0.2, -0.15) is 4.99 Å². The van der Waals surface area contributed by atoms with E-state index >= 15 is 0 Å². The van der Waals surface area contributed by atoms with Crippen LogP contribution in [0.25, 0.3) is 11.3 Å². The van der Waals surface area contributed by atoms with Crippen LogP contribution in [0, 0.1) is 0 Å². The predicted molar refractivity (Wildman–Crippen MR) is 81.5 cm³/mol. The number of amides is 1. The lowest BCUT2D eigenvalue weighted by atomic mass is 10.2. The fraction of sp³-hybridized carbons (Fsp3) is 0.0588. The van der Waals surface area contributed by atoms with Gasteiger partial charge in [-0.15, -0.1) is 0 Å². The summed E-state index contributed by atoms with van der Waals surface area (Å²) in [5.41, 5.74) is 2.80. The Morgan fingerprint density at radius 1 is 1.14 bits per heavy atom. The minimum absolute atomic E-state index is 0.293. The van der Waals surface area contributed by atoms with Gasteiger partial charge in [-0.05, 0) is 17.7 Å². The van der Waals surface area contributed by atoms with Crippen LogP contribution in [0.1, 0.15) is 11.7 Å². The second-order valence-corrected chi connectivity index (χ2v) is 4.68. The number of carbonyl (C=O) groups is 1. The average Bonchev–Trinajstić information content (AvgIpc) is 2.89. The molecule has 0 bridgehead atoms. The molecular weight excluding hydrogens is 262 g/mol. The Labute approximate surface area is 123 Å². The van der Waals surface area contributed by atoms with Gasteiger partial charge in [-0.1, -0.05) is 48.5 Å². The number of carbonyl (C=O) groups excluding carboxylic acids is 1. The van der Waals surface area contributed by atoms with Crippen molar-refractivity contribution < 1.29 is 6.17 Å². The van der Waals surface area contributed by atoms with Crippen molar-refractivity contribution in [1.82, 2.24) is 9.55 Å². The van der Waals surface area contributed by atoms with Crippen molar-refractivity contribution in [3.63, 3.8) is 0 Å². The van der Waals surface area contributed by atoms with Crippen LogP contribution in [0.15, 0.2) is 71.8 Å². The molecule has 4 heteroatoms. The number of benzene rings is 2. The first-order chi connectivity index (χ1) is 10.6. The minimum atomic E-state index is -0.369. The third-order valence-electron chi connectivity index (χ3n) is 3.15. The molecule has 0 aliphatic heterocycles. The highest BCUT2D eigenvalue weighted by Gasteiger charge is 2.05. The van der Waals surface area contributed by atoms with Gasteiger partial charge in [0.15, 0.2) is 0 Å². The van der Waals surface area contributed by atoms with E-state index in [-0.39, 0.29) is 5.91 Å². The van der Waals surface area contributed by atoms with E-state index in [2.05, 4.69) is 9.98 Å². The Balaban J connectivity index is 1.98. The molecule has 2 aromatic carbocycles. The Bertz CT molecular complexity index is 878. The second-order valence-electron chi connectivity index (χ2n) is 4.68. The van der Waals surface area contributed by atoms with Crippen LogP contribution in [0.4, 0.5) is 0 Å². The monoisotopic (exact) mass is 278 g/mol.